The van der Waals surface area contributed by atoms with E-state index in [1.54, 1.807) is 0 Å². The standard InChI is InChI=1S/C55H76N4O6/c1-12-38-35(8)42-27-43-36(9)40(23-24-48(61)65-26-25-34(7)22-16-21-33(6)20-15-19-32(5)18-14-17-31(3)4)52(58-43)50-51(55(63)64-11)54(62)49-37(10)44(59-53(49)50)28-46-39(13-2)41(30-60)47(57-46)29-45(38)56-42/h12,25,27-33,36,40,51-52,56-60H,1,13-24,26H2,2-11H3/b34-25+,41-30+,43-27-,44-28-,47-29-/t32-,33-,36+,40+,51-,52?/m1/s1. The first kappa shape index (κ1) is 49.2. The topological polar surface area (TPSA) is 149 Å². The van der Waals surface area contributed by atoms with Crippen LogP contribution in [-0.2, 0) is 25.5 Å². The van der Waals surface area contributed by atoms with Gasteiger partial charge in [-0.05, 0) is 117 Å². The Bertz CT molecular complexity index is 2560. The van der Waals surface area contributed by atoms with Gasteiger partial charge in [0.05, 0.1) is 30.1 Å². The number of carbonyl (C=O) groups excluding carboxylic acids is 3. The molecule has 1 aliphatic carbocycles. The quantitative estimate of drug-likeness (QED) is 0.0433. The number of nitrogens with one attached hydrogen (secondary N) is 4. The van der Waals surface area contributed by atoms with Gasteiger partial charge in [0.25, 0.3) is 0 Å². The molecule has 0 aromatic carbocycles. The normalized spacial score (nSPS) is 22.2. The van der Waals surface area contributed by atoms with Crippen molar-refractivity contribution in [3.63, 3.8) is 0 Å². The van der Waals surface area contributed by atoms with Gasteiger partial charge in [0.15, 0.2) is 5.78 Å². The van der Waals surface area contributed by atoms with Gasteiger partial charge in [-0.25, -0.2) is 0 Å². The molecule has 352 valence electrons. The van der Waals surface area contributed by atoms with E-state index in [1.807, 2.05) is 45.1 Å². The smallest absolute Gasteiger partial charge is 0.320 e. The van der Waals surface area contributed by atoms with Crippen LogP contribution in [0.3, 0.4) is 0 Å². The largest absolute Gasteiger partial charge is 0.515 e. The number of hydrogen-bond donors (Lipinski definition) is 5. The number of H-pyrrole nitrogens is 3. The summed E-state index contributed by atoms with van der Waals surface area (Å²) in [5, 5.41) is 17.0. The molecule has 0 spiro atoms. The van der Waals surface area contributed by atoms with Gasteiger partial charge in [0, 0.05) is 56.8 Å². The molecule has 1 fully saturated rings. The summed E-state index contributed by atoms with van der Waals surface area (Å²) >= 11 is 0. The summed E-state index contributed by atoms with van der Waals surface area (Å²) in [5.74, 6) is -0.281. The van der Waals surface area contributed by atoms with Gasteiger partial charge in [-0.1, -0.05) is 105 Å². The van der Waals surface area contributed by atoms with E-state index in [0.29, 0.717) is 40.5 Å². The number of esters is 2. The molecule has 8 bridgehead atoms. The van der Waals surface area contributed by atoms with Crippen molar-refractivity contribution in [2.75, 3.05) is 13.7 Å². The van der Waals surface area contributed by atoms with E-state index >= 15 is 0 Å². The number of aliphatic hydroxyl groups excluding tert-OH is 1. The second kappa shape index (κ2) is 21.8. The van der Waals surface area contributed by atoms with Crippen molar-refractivity contribution in [2.24, 2.45) is 35.5 Å². The molecule has 65 heavy (non-hydrogen) atoms. The van der Waals surface area contributed by atoms with Crippen molar-refractivity contribution in [1.29, 1.82) is 0 Å². The van der Waals surface area contributed by atoms with Crippen LogP contribution in [0.25, 0.3) is 36.1 Å². The molecule has 0 radical (unpaired) electrons. The number of hydrogen-bond acceptors (Lipinski definition) is 7. The minimum absolute atomic E-state index is 0.0891. The van der Waals surface area contributed by atoms with E-state index in [2.05, 4.69) is 74.5 Å². The third kappa shape index (κ3) is 10.9. The van der Waals surface area contributed by atoms with Crippen molar-refractivity contribution < 1.29 is 29.0 Å². The number of ether oxygens (including phenoxy) is 2. The average molecular weight is 889 g/mol. The molecule has 5 heterocycles. The Kier molecular flexibility index (Phi) is 16.5. The second-order valence-electron chi connectivity index (χ2n) is 19.8. The number of aromatic nitrogens is 3. The Morgan fingerprint density at radius 1 is 0.877 bits per heavy atom. The first-order valence-electron chi connectivity index (χ1n) is 24.4. The molecule has 3 aromatic rings. The Morgan fingerprint density at radius 3 is 2.20 bits per heavy atom. The lowest BCUT2D eigenvalue weighted by atomic mass is 9.80. The van der Waals surface area contributed by atoms with Crippen LogP contribution in [0, 0.1) is 49.4 Å². The molecule has 6 atom stereocenters. The summed E-state index contributed by atoms with van der Waals surface area (Å²) in [6.45, 7) is 24.0. The maximum Gasteiger partial charge on any atom is 0.320 e. The van der Waals surface area contributed by atoms with Gasteiger partial charge >= 0.3 is 11.9 Å². The lowest BCUT2D eigenvalue weighted by Gasteiger charge is -2.25. The highest BCUT2D eigenvalue weighted by molar-refractivity contribution is 6.19. The van der Waals surface area contributed by atoms with Crippen molar-refractivity contribution in [1.82, 2.24) is 20.3 Å². The van der Waals surface area contributed by atoms with Gasteiger partial charge in [-0.3, -0.25) is 14.4 Å². The molecule has 0 amide bonds. The first-order valence-corrected chi connectivity index (χ1v) is 24.4. The molecule has 10 heteroatoms. The van der Waals surface area contributed by atoms with Gasteiger partial charge in [0.1, 0.15) is 12.5 Å². The summed E-state index contributed by atoms with van der Waals surface area (Å²) in [6.07, 6.45) is 23.6. The third-order valence-corrected chi connectivity index (χ3v) is 14.7. The van der Waals surface area contributed by atoms with E-state index in [0.717, 1.165) is 86.7 Å². The van der Waals surface area contributed by atoms with Crippen molar-refractivity contribution in [3.05, 3.63) is 90.1 Å². The molecule has 10 nitrogen and oxygen atoms in total. The molecule has 2 aliphatic heterocycles. The van der Waals surface area contributed by atoms with Crippen LogP contribution in [0.5, 0.6) is 0 Å². The number of ketones is 1. The number of aromatic amines is 3. The lowest BCUT2D eigenvalue weighted by Crippen LogP contribution is -2.38. The first-order chi connectivity index (χ1) is 31.1. The van der Waals surface area contributed by atoms with Gasteiger partial charge in [-0.2, -0.15) is 0 Å². The Labute approximate surface area is 386 Å². The summed E-state index contributed by atoms with van der Waals surface area (Å²) in [5.41, 5.74) is 9.32. The maximum atomic E-state index is 14.4. The number of fused-ring (bicyclic) bond motifs is 8. The Morgan fingerprint density at radius 2 is 1.55 bits per heavy atom. The third-order valence-electron chi connectivity index (χ3n) is 14.7. The fraction of sp³-hybridized carbons (Fsp3) is 0.545. The number of allylic oxidation sites excluding steroid dienone is 2. The molecule has 5 N–H and O–H groups in total. The van der Waals surface area contributed by atoms with Crippen LogP contribution in [0.15, 0.2) is 23.9 Å². The van der Waals surface area contributed by atoms with Gasteiger partial charge in [0.2, 0.25) is 0 Å². The highest BCUT2D eigenvalue weighted by atomic mass is 16.5. The molecule has 6 rings (SSSR count). The number of aliphatic hydroxyl groups is 1. The molecule has 3 aliphatic rings. The lowest BCUT2D eigenvalue weighted by molar-refractivity contribution is -0.143. The summed E-state index contributed by atoms with van der Waals surface area (Å²) < 4.78 is 11.1. The van der Waals surface area contributed by atoms with Crippen molar-refractivity contribution >= 4 is 53.9 Å². The highest BCUT2D eigenvalue weighted by Crippen LogP contribution is 2.42. The van der Waals surface area contributed by atoms with Gasteiger partial charge < -0.3 is 34.8 Å². The van der Waals surface area contributed by atoms with Crippen LogP contribution < -0.4 is 26.6 Å². The second-order valence-corrected chi connectivity index (χ2v) is 19.8. The number of carbonyl (C=O) groups is 3. The highest BCUT2D eigenvalue weighted by Gasteiger charge is 2.49. The van der Waals surface area contributed by atoms with E-state index in [4.69, 9.17) is 9.47 Å². The maximum absolute atomic E-state index is 14.4. The van der Waals surface area contributed by atoms with E-state index in [1.165, 1.54) is 57.6 Å². The number of Topliss-reactive ketones (excluding diaryl/α,β-unsaturated/α-hetero) is 1. The van der Waals surface area contributed by atoms with Crippen molar-refractivity contribution in [3.8, 4) is 0 Å². The van der Waals surface area contributed by atoms with Crippen LogP contribution in [0.4, 0.5) is 0 Å². The zero-order valence-electron chi connectivity index (χ0n) is 40.9. The Balaban J connectivity index is 1.22. The zero-order valence-corrected chi connectivity index (χ0v) is 40.9. The van der Waals surface area contributed by atoms with Crippen molar-refractivity contribution in [2.45, 2.75) is 145 Å². The minimum atomic E-state index is -1.14. The molecule has 3 aromatic heterocycles. The summed E-state index contributed by atoms with van der Waals surface area (Å²) in [4.78, 5) is 52.2. The zero-order chi connectivity index (χ0) is 47.1. The SMILES string of the molecule is C=Cc1c2[nH]c(c1C)/C=C1\NC(C3=c4[nH]/c(c(C)c4C(=O)[C@@H]3C(=O)OC)=C\c3[nH]c(/c(=C/O)c3CC)=C\2)[C@@H](CCC(=O)OC/C=C(\C)CCC[C@H](C)CCC[C@H](C)CCCC(C)C)[C@@H]1C. The summed E-state index contributed by atoms with van der Waals surface area (Å²) in [6, 6.07) is -0.473. The minimum Gasteiger partial charge on any atom is -0.515 e. The van der Waals surface area contributed by atoms with Crippen LogP contribution in [-0.4, -0.2) is 57.5 Å². The Hall–Kier alpha value is -5.25. The predicted molar refractivity (Wildman–Crippen MR) is 264 cm³/mol. The number of rotatable bonds is 20. The monoisotopic (exact) mass is 889 g/mol. The molecular formula is C55H76N4O6. The summed E-state index contributed by atoms with van der Waals surface area (Å²) in [7, 11) is 1.31. The molecular weight excluding hydrogens is 813 g/mol. The molecule has 0 saturated carbocycles. The average Bonchev–Trinajstić information content (AvgIpc) is 4.02. The number of methoxy groups -OCH3 is 1. The fourth-order valence-corrected chi connectivity index (χ4v) is 10.7. The van der Waals surface area contributed by atoms with Gasteiger partial charge in [-0.15, -0.1) is 0 Å². The van der Waals surface area contributed by atoms with E-state index in [9.17, 15) is 19.5 Å². The predicted octanol–water partition coefficient (Wildman–Crippen LogP) is 8.87. The fourth-order valence-electron chi connectivity index (χ4n) is 10.7. The van der Waals surface area contributed by atoms with E-state index in [-0.39, 0.29) is 36.6 Å². The molecule has 1 saturated heterocycles. The van der Waals surface area contributed by atoms with Crippen LogP contribution in [0.2, 0.25) is 0 Å². The van der Waals surface area contributed by atoms with Crippen LogP contribution in [0.1, 0.15) is 169 Å². The van der Waals surface area contributed by atoms with Crippen LogP contribution >= 0.6 is 0 Å². The van der Waals surface area contributed by atoms with E-state index < -0.39 is 17.9 Å². The molecule has 1 unspecified atom stereocenters.